The predicted octanol–water partition coefficient (Wildman–Crippen LogP) is 2.95. The van der Waals surface area contributed by atoms with Crippen LogP contribution in [0.25, 0.3) is 11.3 Å². The second-order valence-corrected chi connectivity index (χ2v) is 7.14. The van der Waals surface area contributed by atoms with Gasteiger partial charge in [0.1, 0.15) is 0 Å². The summed E-state index contributed by atoms with van der Waals surface area (Å²) in [4.78, 5) is 14.4. The van der Waals surface area contributed by atoms with E-state index in [1.807, 2.05) is 24.3 Å². The van der Waals surface area contributed by atoms with Gasteiger partial charge in [0.15, 0.2) is 5.82 Å². The molecule has 1 aliphatic heterocycles. The van der Waals surface area contributed by atoms with Crippen molar-refractivity contribution in [2.45, 2.75) is 38.6 Å². The molecule has 25 heavy (non-hydrogen) atoms. The molecule has 1 aromatic carbocycles. The summed E-state index contributed by atoms with van der Waals surface area (Å²) < 4.78 is 0. The number of carbonyl (C=O) groups excluding carboxylic acids is 1. The number of amides is 1. The van der Waals surface area contributed by atoms with Crippen molar-refractivity contribution in [3.8, 4) is 11.3 Å². The number of anilines is 1. The Bertz CT molecular complexity index is 747. The maximum absolute atomic E-state index is 12.2. The van der Waals surface area contributed by atoms with E-state index < -0.39 is 0 Å². The second-order valence-electron chi connectivity index (χ2n) is 7.14. The van der Waals surface area contributed by atoms with E-state index >= 15 is 0 Å². The number of hydrogen-bond donors (Lipinski definition) is 1. The SMILES string of the molecule is Cc1ccccc1-c1ccc(N2CCC(C(=O)NC3CC3)CC2)nn1. The monoisotopic (exact) mass is 336 g/mol. The molecular formula is C20H24N4O. The molecular weight excluding hydrogens is 312 g/mol. The lowest BCUT2D eigenvalue weighted by atomic mass is 9.96. The van der Waals surface area contributed by atoms with Gasteiger partial charge >= 0.3 is 0 Å². The van der Waals surface area contributed by atoms with Crippen LogP contribution in [0.15, 0.2) is 36.4 Å². The maximum atomic E-state index is 12.2. The molecule has 0 spiro atoms. The van der Waals surface area contributed by atoms with Crippen LogP contribution in [0.4, 0.5) is 5.82 Å². The average molecular weight is 336 g/mol. The van der Waals surface area contributed by atoms with Crippen LogP contribution in [0.1, 0.15) is 31.2 Å². The Hall–Kier alpha value is -2.43. The van der Waals surface area contributed by atoms with Gasteiger partial charge in [-0.15, -0.1) is 10.2 Å². The molecule has 4 rings (SSSR count). The van der Waals surface area contributed by atoms with Crippen molar-refractivity contribution >= 4 is 11.7 Å². The average Bonchev–Trinajstić information content (AvgIpc) is 3.46. The van der Waals surface area contributed by atoms with Crippen LogP contribution in [-0.4, -0.2) is 35.2 Å². The highest BCUT2D eigenvalue weighted by molar-refractivity contribution is 5.79. The highest BCUT2D eigenvalue weighted by atomic mass is 16.2. The molecule has 1 N–H and O–H groups in total. The lowest BCUT2D eigenvalue weighted by molar-refractivity contribution is -0.125. The minimum Gasteiger partial charge on any atom is -0.355 e. The number of carbonyl (C=O) groups is 1. The number of aryl methyl sites for hydroxylation is 1. The minimum absolute atomic E-state index is 0.149. The molecule has 1 amide bonds. The van der Waals surface area contributed by atoms with Gasteiger partial charge in [-0.05, 0) is 50.3 Å². The molecule has 5 heteroatoms. The quantitative estimate of drug-likeness (QED) is 0.933. The summed E-state index contributed by atoms with van der Waals surface area (Å²) >= 11 is 0. The Morgan fingerprint density at radius 2 is 1.80 bits per heavy atom. The number of benzene rings is 1. The molecule has 0 radical (unpaired) electrons. The molecule has 1 aliphatic carbocycles. The molecule has 2 heterocycles. The molecule has 2 fully saturated rings. The zero-order chi connectivity index (χ0) is 17.2. The number of nitrogens with one attached hydrogen (secondary N) is 1. The van der Waals surface area contributed by atoms with Gasteiger partial charge in [0, 0.05) is 30.6 Å². The summed E-state index contributed by atoms with van der Waals surface area (Å²) in [5.74, 6) is 1.29. The van der Waals surface area contributed by atoms with E-state index in [1.54, 1.807) is 0 Å². The van der Waals surface area contributed by atoms with Gasteiger partial charge in [-0.2, -0.15) is 0 Å². The maximum Gasteiger partial charge on any atom is 0.223 e. The van der Waals surface area contributed by atoms with Crippen LogP contribution in [-0.2, 0) is 4.79 Å². The van der Waals surface area contributed by atoms with Gasteiger partial charge in [0.25, 0.3) is 0 Å². The van der Waals surface area contributed by atoms with Crippen molar-refractivity contribution in [1.29, 1.82) is 0 Å². The Balaban J connectivity index is 1.38. The number of aromatic nitrogens is 2. The summed E-state index contributed by atoms with van der Waals surface area (Å²) in [7, 11) is 0. The van der Waals surface area contributed by atoms with Crippen LogP contribution in [0.3, 0.4) is 0 Å². The van der Waals surface area contributed by atoms with Gasteiger partial charge in [0.05, 0.1) is 5.69 Å². The van der Waals surface area contributed by atoms with Crippen molar-refractivity contribution in [2.24, 2.45) is 5.92 Å². The van der Waals surface area contributed by atoms with E-state index in [0.29, 0.717) is 6.04 Å². The van der Waals surface area contributed by atoms with Crippen LogP contribution >= 0.6 is 0 Å². The third kappa shape index (κ3) is 3.65. The third-order valence-electron chi connectivity index (χ3n) is 5.18. The fourth-order valence-electron chi connectivity index (χ4n) is 3.42. The molecule has 1 aromatic heterocycles. The first-order valence-electron chi connectivity index (χ1n) is 9.16. The Labute approximate surface area is 148 Å². The highest BCUT2D eigenvalue weighted by Gasteiger charge is 2.30. The zero-order valence-corrected chi connectivity index (χ0v) is 14.6. The van der Waals surface area contributed by atoms with Crippen molar-refractivity contribution in [3.05, 3.63) is 42.0 Å². The number of piperidine rings is 1. The first kappa shape index (κ1) is 16.1. The number of nitrogens with zero attached hydrogens (tertiary/aromatic N) is 3. The fraction of sp³-hybridized carbons (Fsp3) is 0.450. The number of rotatable bonds is 4. The highest BCUT2D eigenvalue weighted by Crippen LogP contribution is 2.26. The first-order chi connectivity index (χ1) is 12.2. The third-order valence-corrected chi connectivity index (χ3v) is 5.18. The molecule has 0 bridgehead atoms. The van der Waals surface area contributed by atoms with Crippen molar-refractivity contribution in [2.75, 3.05) is 18.0 Å². The largest absolute Gasteiger partial charge is 0.355 e. The van der Waals surface area contributed by atoms with Crippen LogP contribution in [0.2, 0.25) is 0 Å². The lowest BCUT2D eigenvalue weighted by Gasteiger charge is -2.31. The van der Waals surface area contributed by atoms with Crippen molar-refractivity contribution < 1.29 is 4.79 Å². The second kappa shape index (κ2) is 6.82. The van der Waals surface area contributed by atoms with Gasteiger partial charge in [0.2, 0.25) is 5.91 Å². The van der Waals surface area contributed by atoms with Crippen LogP contribution < -0.4 is 10.2 Å². The summed E-state index contributed by atoms with van der Waals surface area (Å²) in [5, 5.41) is 12.0. The van der Waals surface area contributed by atoms with Gasteiger partial charge in [-0.3, -0.25) is 4.79 Å². The summed E-state index contributed by atoms with van der Waals surface area (Å²) in [6.45, 7) is 3.81. The fourth-order valence-corrected chi connectivity index (χ4v) is 3.42. The lowest BCUT2D eigenvalue weighted by Crippen LogP contribution is -2.41. The Morgan fingerprint density at radius 3 is 2.44 bits per heavy atom. The smallest absolute Gasteiger partial charge is 0.223 e. The number of hydrogen-bond acceptors (Lipinski definition) is 4. The van der Waals surface area contributed by atoms with E-state index in [9.17, 15) is 4.79 Å². The van der Waals surface area contributed by atoms with E-state index in [2.05, 4.69) is 39.5 Å². The molecule has 0 unspecified atom stereocenters. The molecule has 2 aromatic rings. The summed E-state index contributed by atoms with van der Waals surface area (Å²) in [6.07, 6.45) is 4.07. The zero-order valence-electron chi connectivity index (χ0n) is 14.6. The predicted molar refractivity (Wildman–Crippen MR) is 98.3 cm³/mol. The van der Waals surface area contributed by atoms with Gasteiger partial charge in [-0.1, -0.05) is 24.3 Å². The summed E-state index contributed by atoms with van der Waals surface area (Å²) in [6, 6.07) is 12.7. The van der Waals surface area contributed by atoms with Crippen LogP contribution in [0, 0.1) is 12.8 Å². The molecule has 5 nitrogen and oxygen atoms in total. The van der Waals surface area contributed by atoms with E-state index in [-0.39, 0.29) is 11.8 Å². The van der Waals surface area contributed by atoms with Gasteiger partial charge in [-0.25, -0.2) is 0 Å². The van der Waals surface area contributed by atoms with E-state index in [0.717, 1.165) is 55.8 Å². The standard InChI is InChI=1S/C20H24N4O/c1-14-4-2-3-5-17(14)18-8-9-19(23-22-18)24-12-10-15(11-13-24)20(25)21-16-6-7-16/h2-5,8-9,15-16H,6-7,10-13H2,1H3,(H,21,25). The van der Waals surface area contributed by atoms with Crippen molar-refractivity contribution in [3.63, 3.8) is 0 Å². The molecule has 1 saturated heterocycles. The molecule has 1 saturated carbocycles. The molecule has 130 valence electrons. The summed E-state index contributed by atoms with van der Waals surface area (Å²) in [5.41, 5.74) is 3.23. The molecule has 0 atom stereocenters. The first-order valence-corrected chi connectivity index (χ1v) is 9.16. The topological polar surface area (TPSA) is 58.1 Å². The Kier molecular flexibility index (Phi) is 4.38. The molecule has 2 aliphatic rings. The van der Waals surface area contributed by atoms with Crippen molar-refractivity contribution in [1.82, 2.24) is 15.5 Å². The van der Waals surface area contributed by atoms with E-state index in [1.165, 1.54) is 5.56 Å². The normalized spacial score (nSPS) is 18.2. The van der Waals surface area contributed by atoms with E-state index in [4.69, 9.17) is 0 Å². The Morgan fingerprint density at radius 1 is 1.04 bits per heavy atom. The minimum atomic E-state index is 0.149. The van der Waals surface area contributed by atoms with Crippen LogP contribution in [0.5, 0.6) is 0 Å². The van der Waals surface area contributed by atoms with Gasteiger partial charge < -0.3 is 10.2 Å².